The van der Waals surface area contributed by atoms with Crippen molar-refractivity contribution >= 4 is 27.3 Å². The number of benzene rings is 1. The van der Waals surface area contributed by atoms with Gasteiger partial charge in [0.1, 0.15) is 0 Å². The fourth-order valence-corrected chi connectivity index (χ4v) is 3.74. The molecular weight excluding hydrogens is 354 g/mol. The third-order valence-electron chi connectivity index (χ3n) is 3.59. The molecule has 0 aliphatic rings. The van der Waals surface area contributed by atoms with Gasteiger partial charge in [0.2, 0.25) is 5.91 Å². The molecule has 5 N–H and O–H groups in total. The van der Waals surface area contributed by atoms with Gasteiger partial charge in [0, 0.05) is 41.6 Å². The van der Waals surface area contributed by atoms with Gasteiger partial charge in [0.25, 0.3) is 10.0 Å². The van der Waals surface area contributed by atoms with Gasteiger partial charge in [-0.3, -0.25) is 19.5 Å². The molecule has 0 saturated heterocycles. The Kier molecular flexibility index (Phi) is 4.55. The Morgan fingerprint density at radius 1 is 1.04 bits per heavy atom. The molecule has 3 aromatic rings. The largest absolute Gasteiger partial charge is 0.398 e. The van der Waals surface area contributed by atoms with E-state index in [0.717, 1.165) is 0 Å². The molecule has 0 bridgehead atoms. The van der Waals surface area contributed by atoms with Crippen LogP contribution in [-0.2, 0) is 10.0 Å². The minimum absolute atomic E-state index is 0.0438. The number of nitrogen functional groups attached to an aromatic ring is 1. The van der Waals surface area contributed by atoms with E-state index in [2.05, 4.69) is 14.7 Å². The molecule has 1 aromatic carbocycles. The normalized spacial score (nSPS) is 11.1. The summed E-state index contributed by atoms with van der Waals surface area (Å²) >= 11 is 0. The van der Waals surface area contributed by atoms with Crippen LogP contribution in [0, 0.1) is 0 Å². The summed E-state index contributed by atoms with van der Waals surface area (Å²) in [6.07, 6.45) is 5.66. The minimum Gasteiger partial charge on any atom is -0.398 e. The fourth-order valence-electron chi connectivity index (χ4n) is 2.42. The van der Waals surface area contributed by atoms with E-state index in [9.17, 15) is 13.2 Å². The summed E-state index contributed by atoms with van der Waals surface area (Å²) in [7, 11) is -3.95. The van der Waals surface area contributed by atoms with Crippen LogP contribution in [0.15, 0.2) is 66.1 Å². The molecule has 0 aliphatic carbocycles. The number of aromatic nitrogens is 2. The highest BCUT2D eigenvalue weighted by Gasteiger charge is 2.22. The van der Waals surface area contributed by atoms with E-state index in [0.29, 0.717) is 11.3 Å². The maximum Gasteiger partial charge on any atom is 0.262 e. The van der Waals surface area contributed by atoms with Gasteiger partial charge in [-0.15, -0.1) is 0 Å². The Hall–Kier alpha value is -3.46. The summed E-state index contributed by atoms with van der Waals surface area (Å²) in [5.41, 5.74) is 12.6. The van der Waals surface area contributed by atoms with E-state index in [1.165, 1.54) is 55.1 Å². The Morgan fingerprint density at radius 3 is 2.46 bits per heavy atom. The van der Waals surface area contributed by atoms with E-state index in [-0.39, 0.29) is 21.7 Å². The zero-order valence-corrected chi connectivity index (χ0v) is 14.3. The molecule has 0 fully saturated rings. The van der Waals surface area contributed by atoms with Gasteiger partial charge in [-0.2, -0.15) is 0 Å². The Labute approximate surface area is 150 Å². The van der Waals surface area contributed by atoms with E-state index in [1.807, 2.05) is 0 Å². The molecule has 0 radical (unpaired) electrons. The molecule has 26 heavy (non-hydrogen) atoms. The molecule has 0 unspecified atom stereocenters. The van der Waals surface area contributed by atoms with Gasteiger partial charge in [0.15, 0.2) is 0 Å². The highest BCUT2D eigenvalue weighted by Crippen LogP contribution is 2.33. The van der Waals surface area contributed by atoms with Crippen LogP contribution in [0.1, 0.15) is 10.4 Å². The summed E-state index contributed by atoms with van der Waals surface area (Å²) in [5.74, 6) is -0.673. The lowest BCUT2D eigenvalue weighted by atomic mass is 10.0. The highest BCUT2D eigenvalue weighted by atomic mass is 32.2. The van der Waals surface area contributed by atoms with Crippen molar-refractivity contribution in [3.8, 4) is 11.1 Å². The Bertz CT molecular complexity index is 1070. The predicted molar refractivity (Wildman–Crippen MR) is 97.6 cm³/mol. The average molecular weight is 369 g/mol. The molecule has 0 saturated carbocycles. The van der Waals surface area contributed by atoms with Crippen molar-refractivity contribution in [2.45, 2.75) is 4.90 Å². The van der Waals surface area contributed by atoms with Crippen molar-refractivity contribution in [2.75, 3.05) is 10.5 Å². The molecule has 132 valence electrons. The lowest BCUT2D eigenvalue weighted by molar-refractivity contribution is 0.1000. The lowest BCUT2D eigenvalue weighted by Gasteiger charge is -2.14. The number of carbonyl (C=O) groups is 1. The third kappa shape index (κ3) is 3.47. The summed E-state index contributed by atoms with van der Waals surface area (Å²) in [4.78, 5) is 19.2. The zero-order chi connectivity index (χ0) is 18.7. The predicted octanol–water partition coefficient (Wildman–Crippen LogP) is 1.63. The Balaban J connectivity index is 2.14. The second kappa shape index (κ2) is 6.81. The molecular formula is C17H15N5O3S. The maximum atomic E-state index is 12.9. The van der Waals surface area contributed by atoms with Crippen LogP contribution in [-0.4, -0.2) is 24.3 Å². The first-order valence-corrected chi connectivity index (χ1v) is 8.93. The average Bonchev–Trinajstić information content (AvgIpc) is 2.62. The second-order valence-corrected chi connectivity index (χ2v) is 7.04. The van der Waals surface area contributed by atoms with Crippen LogP contribution >= 0.6 is 0 Å². The van der Waals surface area contributed by atoms with Gasteiger partial charge < -0.3 is 11.5 Å². The molecule has 0 spiro atoms. The molecule has 9 heteroatoms. The van der Waals surface area contributed by atoms with E-state index in [4.69, 9.17) is 11.5 Å². The summed E-state index contributed by atoms with van der Waals surface area (Å²) in [6, 6.07) is 9.03. The van der Waals surface area contributed by atoms with Gasteiger partial charge in [0.05, 0.1) is 16.1 Å². The third-order valence-corrected chi connectivity index (χ3v) is 5.02. The quantitative estimate of drug-likeness (QED) is 0.584. The van der Waals surface area contributed by atoms with Crippen molar-refractivity contribution in [3.63, 3.8) is 0 Å². The molecule has 8 nitrogen and oxygen atoms in total. The van der Waals surface area contributed by atoms with Gasteiger partial charge in [-0.1, -0.05) is 6.07 Å². The topological polar surface area (TPSA) is 141 Å². The number of nitrogens with two attached hydrogens (primary N) is 2. The highest BCUT2D eigenvalue weighted by molar-refractivity contribution is 7.92. The van der Waals surface area contributed by atoms with Crippen LogP contribution in [0.5, 0.6) is 0 Å². The number of hydrogen-bond donors (Lipinski definition) is 3. The lowest BCUT2D eigenvalue weighted by Crippen LogP contribution is -2.15. The van der Waals surface area contributed by atoms with Crippen molar-refractivity contribution in [2.24, 2.45) is 5.73 Å². The summed E-state index contributed by atoms with van der Waals surface area (Å²) < 4.78 is 28.2. The number of nitrogens with one attached hydrogen (secondary N) is 1. The maximum absolute atomic E-state index is 12.9. The Morgan fingerprint density at radius 2 is 1.77 bits per heavy atom. The van der Waals surface area contributed by atoms with Crippen molar-refractivity contribution in [1.29, 1.82) is 0 Å². The number of nitrogens with zero attached hydrogens (tertiary/aromatic N) is 2. The standard InChI is InChI=1S/C17H15N5O3S/c18-14-2-1-3-15(26(24,25)22-13-4-6-20-7-5-13)16(14)11-8-12(17(19)23)10-21-9-11/h1-10H,18H2,(H2,19,23)(H,20,22). The first kappa shape index (κ1) is 17.4. The monoisotopic (exact) mass is 369 g/mol. The second-order valence-electron chi connectivity index (χ2n) is 5.39. The number of carbonyl (C=O) groups excluding carboxylic acids is 1. The summed E-state index contributed by atoms with van der Waals surface area (Å²) in [5, 5.41) is 0. The molecule has 2 heterocycles. The van der Waals surface area contributed by atoms with Crippen LogP contribution in [0.4, 0.5) is 11.4 Å². The van der Waals surface area contributed by atoms with Crippen molar-refractivity contribution in [1.82, 2.24) is 9.97 Å². The van der Waals surface area contributed by atoms with Crippen molar-refractivity contribution < 1.29 is 13.2 Å². The molecule has 3 rings (SSSR count). The number of hydrogen-bond acceptors (Lipinski definition) is 6. The van der Waals surface area contributed by atoms with Gasteiger partial charge in [-0.05, 0) is 30.3 Å². The number of pyridine rings is 2. The number of anilines is 2. The van der Waals surface area contributed by atoms with Crippen LogP contribution < -0.4 is 16.2 Å². The summed E-state index contributed by atoms with van der Waals surface area (Å²) in [6.45, 7) is 0. The van der Waals surface area contributed by atoms with E-state index < -0.39 is 15.9 Å². The number of primary amides is 1. The van der Waals surface area contributed by atoms with Crippen LogP contribution in [0.2, 0.25) is 0 Å². The first-order chi connectivity index (χ1) is 12.4. The van der Waals surface area contributed by atoms with E-state index in [1.54, 1.807) is 6.07 Å². The fraction of sp³-hybridized carbons (Fsp3) is 0. The SMILES string of the molecule is NC(=O)c1cncc(-c2c(N)cccc2S(=O)(=O)Nc2ccncc2)c1. The molecule has 2 aromatic heterocycles. The van der Waals surface area contributed by atoms with Crippen molar-refractivity contribution in [3.05, 3.63) is 66.7 Å². The minimum atomic E-state index is -3.95. The zero-order valence-electron chi connectivity index (χ0n) is 13.5. The smallest absolute Gasteiger partial charge is 0.262 e. The molecule has 0 atom stereocenters. The van der Waals surface area contributed by atoms with Gasteiger partial charge >= 0.3 is 0 Å². The van der Waals surface area contributed by atoms with Crippen LogP contribution in [0.25, 0.3) is 11.1 Å². The van der Waals surface area contributed by atoms with Crippen LogP contribution in [0.3, 0.4) is 0 Å². The molecule has 1 amide bonds. The number of rotatable bonds is 5. The van der Waals surface area contributed by atoms with Gasteiger partial charge in [-0.25, -0.2) is 8.42 Å². The van der Waals surface area contributed by atoms with E-state index >= 15 is 0 Å². The number of sulfonamides is 1. The first-order valence-electron chi connectivity index (χ1n) is 7.45. The molecule has 0 aliphatic heterocycles. The number of amides is 1.